The van der Waals surface area contributed by atoms with Gasteiger partial charge in [-0.3, -0.25) is 0 Å². The van der Waals surface area contributed by atoms with Gasteiger partial charge in [0.05, 0.1) is 6.04 Å². The number of aryl methyl sites for hydroxylation is 3. The first-order valence-corrected chi connectivity index (χ1v) is 7.02. The van der Waals surface area contributed by atoms with E-state index in [-0.39, 0.29) is 0 Å². The van der Waals surface area contributed by atoms with Gasteiger partial charge < -0.3 is 5.73 Å². The predicted octanol–water partition coefficient (Wildman–Crippen LogP) is 4.56. The van der Waals surface area contributed by atoms with Gasteiger partial charge in [0.25, 0.3) is 0 Å². The molecular formula is C18H21F2N. The van der Waals surface area contributed by atoms with E-state index >= 15 is 0 Å². The van der Waals surface area contributed by atoms with Crippen LogP contribution in [0.4, 0.5) is 8.78 Å². The van der Waals surface area contributed by atoms with Gasteiger partial charge in [-0.1, -0.05) is 6.07 Å². The van der Waals surface area contributed by atoms with E-state index in [2.05, 4.69) is 6.07 Å². The van der Waals surface area contributed by atoms with Crippen molar-refractivity contribution in [3.63, 3.8) is 0 Å². The van der Waals surface area contributed by atoms with Crippen molar-refractivity contribution < 1.29 is 8.78 Å². The lowest BCUT2D eigenvalue weighted by Crippen LogP contribution is -2.18. The van der Waals surface area contributed by atoms with Crippen molar-refractivity contribution in [3.8, 4) is 0 Å². The maximum atomic E-state index is 14.1. The minimum absolute atomic E-state index is 0.338. The molecule has 1 nitrogen and oxygen atoms in total. The summed E-state index contributed by atoms with van der Waals surface area (Å²) >= 11 is 0. The van der Waals surface area contributed by atoms with Gasteiger partial charge in [-0.15, -0.1) is 0 Å². The van der Waals surface area contributed by atoms with E-state index in [1.54, 1.807) is 6.92 Å². The lowest BCUT2D eigenvalue weighted by Gasteiger charge is -2.22. The van der Waals surface area contributed by atoms with E-state index < -0.39 is 17.7 Å². The first-order chi connectivity index (χ1) is 9.73. The number of hydrogen-bond acceptors (Lipinski definition) is 1. The Kier molecular flexibility index (Phi) is 4.15. The number of nitrogens with two attached hydrogens (primary N) is 1. The van der Waals surface area contributed by atoms with Crippen LogP contribution in [0.1, 0.15) is 45.0 Å². The van der Waals surface area contributed by atoms with Crippen LogP contribution in [0.3, 0.4) is 0 Å². The molecule has 3 heteroatoms. The number of rotatable bonds is 2. The molecule has 1 unspecified atom stereocenters. The normalized spacial score (nSPS) is 12.6. The van der Waals surface area contributed by atoms with E-state index in [0.29, 0.717) is 11.1 Å². The van der Waals surface area contributed by atoms with Crippen molar-refractivity contribution in [2.75, 3.05) is 0 Å². The summed E-state index contributed by atoms with van der Waals surface area (Å²) in [4.78, 5) is 0. The summed E-state index contributed by atoms with van der Waals surface area (Å²) in [6.45, 7) is 9.64. The van der Waals surface area contributed by atoms with Crippen LogP contribution in [0.15, 0.2) is 18.2 Å². The Bertz CT molecular complexity index is 679. The summed E-state index contributed by atoms with van der Waals surface area (Å²) in [7, 11) is 0. The van der Waals surface area contributed by atoms with Crippen LogP contribution in [0, 0.1) is 46.3 Å². The molecule has 0 heterocycles. The third kappa shape index (κ3) is 2.70. The third-order valence-corrected chi connectivity index (χ3v) is 4.35. The quantitative estimate of drug-likeness (QED) is 0.862. The topological polar surface area (TPSA) is 26.0 Å². The van der Waals surface area contributed by atoms with Gasteiger partial charge in [-0.05, 0) is 74.1 Å². The van der Waals surface area contributed by atoms with Gasteiger partial charge in [0, 0.05) is 11.6 Å². The van der Waals surface area contributed by atoms with Crippen molar-refractivity contribution in [2.45, 2.75) is 40.7 Å². The largest absolute Gasteiger partial charge is 0.320 e. The molecule has 0 saturated carbocycles. The SMILES string of the molecule is Cc1cc(C(N)c2c(C)c(C)cc(C)c2C)c(F)cc1F. The number of hydrogen-bond donors (Lipinski definition) is 1. The van der Waals surface area contributed by atoms with Gasteiger partial charge in [0.1, 0.15) is 11.6 Å². The van der Waals surface area contributed by atoms with E-state index in [1.807, 2.05) is 27.7 Å². The highest BCUT2D eigenvalue weighted by molar-refractivity contribution is 5.49. The minimum atomic E-state index is -0.595. The Morgan fingerprint density at radius 2 is 1.29 bits per heavy atom. The van der Waals surface area contributed by atoms with Gasteiger partial charge in [-0.2, -0.15) is 0 Å². The average molecular weight is 289 g/mol. The van der Waals surface area contributed by atoms with E-state index in [1.165, 1.54) is 6.07 Å². The van der Waals surface area contributed by atoms with Crippen LogP contribution < -0.4 is 5.73 Å². The zero-order chi connectivity index (χ0) is 15.9. The fraction of sp³-hybridized carbons (Fsp3) is 0.333. The van der Waals surface area contributed by atoms with Crippen molar-refractivity contribution >= 4 is 0 Å². The molecule has 112 valence electrons. The lowest BCUT2D eigenvalue weighted by atomic mass is 9.86. The molecule has 21 heavy (non-hydrogen) atoms. The highest BCUT2D eigenvalue weighted by Gasteiger charge is 2.21. The maximum Gasteiger partial charge on any atom is 0.131 e. The summed E-state index contributed by atoms with van der Waals surface area (Å²) in [5.41, 5.74) is 12.4. The molecule has 1 atom stereocenters. The Hall–Kier alpha value is -1.74. The van der Waals surface area contributed by atoms with Crippen LogP contribution in [-0.4, -0.2) is 0 Å². The molecule has 2 N–H and O–H groups in total. The standard InChI is InChI=1S/C18H21F2N/c1-9-6-10(2)13(5)17(12(9)4)18(21)14-7-11(3)15(19)8-16(14)20/h6-8,18H,21H2,1-5H3. The first-order valence-electron chi connectivity index (χ1n) is 7.02. The molecule has 0 spiro atoms. The molecule has 0 radical (unpaired) electrons. The molecule has 0 aliphatic heterocycles. The molecule has 2 aromatic carbocycles. The van der Waals surface area contributed by atoms with Gasteiger partial charge in [0.2, 0.25) is 0 Å². The molecule has 0 fully saturated rings. The first kappa shape index (κ1) is 15.6. The van der Waals surface area contributed by atoms with Crippen molar-refractivity contribution in [3.05, 3.63) is 68.8 Å². The van der Waals surface area contributed by atoms with Crippen molar-refractivity contribution in [2.24, 2.45) is 5.73 Å². The van der Waals surface area contributed by atoms with Gasteiger partial charge in [-0.25, -0.2) is 8.78 Å². The molecule has 0 aliphatic rings. The van der Waals surface area contributed by atoms with Crippen LogP contribution >= 0.6 is 0 Å². The molecule has 0 bridgehead atoms. The fourth-order valence-electron chi connectivity index (χ4n) is 2.79. The molecule has 0 aliphatic carbocycles. The second kappa shape index (κ2) is 5.57. The fourth-order valence-corrected chi connectivity index (χ4v) is 2.79. The van der Waals surface area contributed by atoms with Crippen LogP contribution in [0.2, 0.25) is 0 Å². The van der Waals surface area contributed by atoms with Crippen molar-refractivity contribution in [1.82, 2.24) is 0 Å². The number of benzene rings is 2. The highest BCUT2D eigenvalue weighted by atomic mass is 19.1. The highest BCUT2D eigenvalue weighted by Crippen LogP contribution is 2.31. The second-order valence-corrected chi connectivity index (χ2v) is 5.77. The van der Waals surface area contributed by atoms with E-state index in [9.17, 15) is 8.78 Å². The smallest absolute Gasteiger partial charge is 0.131 e. The Labute approximate surface area is 124 Å². The molecule has 0 aromatic heterocycles. The molecule has 0 saturated heterocycles. The van der Waals surface area contributed by atoms with Crippen LogP contribution in [0.5, 0.6) is 0 Å². The molecule has 2 rings (SSSR count). The Balaban J connectivity index is 2.66. The summed E-state index contributed by atoms with van der Waals surface area (Å²) in [6.07, 6.45) is 0. The van der Waals surface area contributed by atoms with Gasteiger partial charge in [0.15, 0.2) is 0 Å². The van der Waals surface area contributed by atoms with Crippen LogP contribution in [-0.2, 0) is 0 Å². The van der Waals surface area contributed by atoms with E-state index in [4.69, 9.17) is 5.73 Å². The van der Waals surface area contributed by atoms with Crippen molar-refractivity contribution in [1.29, 1.82) is 0 Å². The maximum absolute atomic E-state index is 14.1. The predicted molar refractivity (Wildman–Crippen MR) is 82.5 cm³/mol. The average Bonchev–Trinajstić information content (AvgIpc) is 2.40. The molecule has 0 amide bonds. The molecule has 2 aromatic rings. The zero-order valence-electron chi connectivity index (χ0n) is 13.1. The summed E-state index contributed by atoms with van der Waals surface area (Å²) in [6, 6.07) is 3.93. The van der Waals surface area contributed by atoms with Crippen LogP contribution in [0.25, 0.3) is 0 Å². The Morgan fingerprint density at radius 1 is 0.762 bits per heavy atom. The third-order valence-electron chi connectivity index (χ3n) is 4.35. The second-order valence-electron chi connectivity index (χ2n) is 5.77. The monoisotopic (exact) mass is 289 g/mol. The molecular weight excluding hydrogens is 268 g/mol. The minimum Gasteiger partial charge on any atom is -0.320 e. The summed E-state index contributed by atoms with van der Waals surface area (Å²) in [5.74, 6) is -1.14. The summed E-state index contributed by atoms with van der Waals surface area (Å²) in [5, 5.41) is 0. The van der Waals surface area contributed by atoms with Gasteiger partial charge >= 0.3 is 0 Å². The Morgan fingerprint density at radius 3 is 1.81 bits per heavy atom. The summed E-state index contributed by atoms with van der Waals surface area (Å²) < 4.78 is 27.5. The van der Waals surface area contributed by atoms with E-state index in [0.717, 1.165) is 33.9 Å². The lowest BCUT2D eigenvalue weighted by molar-refractivity contribution is 0.560. The zero-order valence-corrected chi connectivity index (χ0v) is 13.1. The number of halogens is 2.